The summed E-state index contributed by atoms with van der Waals surface area (Å²) in [4.78, 5) is 21.8. The van der Waals surface area contributed by atoms with Crippen LogP contribution in [0.1, 0.15) is 43.3 Å². The molecule has 0 unspecified atom stereocenters. The van der Waals surface area contributed by atoms with Crippen molar-refractivity contribution in [3.05, 3.63) is 78.3 Å². The molecule has 1 saturated carbocycles. The number of benzene rings is 2. The number of rotatable bonds is 7. The number of hydrogen-bond donors (Lipinski definition) is 1. The summed E-state index contributed by atoms with van der Waals surface area (Å²) >= 11 is 0. The van der Waals surface area contributed by atoms with Crippen molar-refractivity contribution in [1.29, 1.82) is 0 Å². The molecule has 162 valence electrons. The topological polar surface area (TPSA) is 94.1 Å². The van der Waals surface area contributed by atoms with E-state index in [0.717, 1.165) is 36.1 Å². The van der Waals surface area contributed by atoms with Gasteiger partial charge in [0.2, 0.25) is 11.8 Å². The van der Waals surface area contributed by atoms with Crippen molar-refractivity contribution < 1.29 is 13.7 Å². The molecule has 0 bridgehead atoms. The van der Waals surface area contributed by atoms with Gasteiger partial charge in [-0.3, -0.25) is 4.79 Å². The fourth-order valence-electron chi connectivity index (χ4n) is 4.03. The molecule has 7 nitrogen and oxygen atoms in total. The van der Waals surface area contributed by atoms with Crippen LogP contribution < -0.4 is 5.32 Å². The van der Waals surface area contributed by atoms with Crippen LogP contribution in [0.4, 0.5) is 0 Å². The number of amides is 1. The Morgan fingerprint density at radius 2 is 1.69 bits per heavy atom. The first-order valence-corrected chi connectivity index (χ1v) is 10.9. The Bertz CT molecular complexity index is 1150. The van der Waals surface area contributed by atoms with Gasteiger partial charge >= 0.3 is 0 Å². The van der Waals surface area contributed by atoms with Crippen LogP contribution in [0.25, 0.3) is 22.6 Å². The number of aromatic nitrogens is 3. The van der Waals surface area contributed by atoms with Gasteiger partial charge in [0.15, 0.2) is 17.5 Å². The monoisotopic (exact) mass is 428 g/mol. The van der Waals surface area contributed by atoms with Gasteiger partial charge in [-0.25, -0.2) is 4.98 Å². The number of hydrogen-bond acceptors (Lipinski definition) is 6. The summed E-state index contributed by atoms with van der Waals surface area (Å²) < 4.78 is 11.3. The Hall–Kier alpha value is -3.74. The summed E-state index contributed by atoms with van der Waals surface area (Å²) in [7, 11) is 0. The summed E-state index contributed by atoms with van der Waals surface area (Å²) in [5, 5.41) is 7.15. The Balaban J connectivity index is 1.33. The molecule has 2 aromatic heterocycles. The van der Waals surface area contributed by atoms with Crippen LogP contribution in [0.3, 0.4) is 0 Å². The summed E-state index contributed by atoms with van der Waals surface area (Å²) in [6.45, 7) is 1.75. The van der Waals surface area contributed by atoms with Crippen molar-refractivity contribution in [1.82, 2.24) is 20.4 Å². The molecule has 1 amide bonds. The van der Waals surface area contributed by atoms with E-state index >= 15 is 0 Å². The third-order valence-corrected chi connectivity index (χ3v) is 5.86. The van der Waals surface area contributed by atoms with Gasteiger partial charge < -0.3 is 14.3 Å². The molecule has 0 aliphatic heterocycles. The lowest BCUT2D eigenvalue weighted by atomic mass is 9.76. The van der Waals surface area contributed by atoms with E-state index in [1.54, 1.807) is 6.92 Å². The minimum absolute atomic E-state index is 0.0760. The first kappa shape index (κ1) is 20.2. The highest BCUT2D eigenvalue weighted by atomic mass is 16.5. The maximum Gasteiger partial charge on any atom is 0.223 e. The largest absolute Gasteiger partial charge is 0.440 e. The number of carbonyl (C=O) groups is 1. The minimum atomic E-state index is -0.518. The van der Waals surface area contributed by atoms with Crippen molar-refractivity contribution in [2.45, 2.75) is 44.6 Å². The van der Waals surface area contributed by atoms with Crippen molar-refractivity contribution in [3.8, 4) is 22.6 Å². The van der Waals surface area contributed by atoms with Crippen molar-refractivity contribution in [2.24, 2.45) is 0 Å². The highest BCUT2D eigenvalue weighted by molar-refractivity contribution is 5.78. The number of aryl methyl sites for hydroxylation is 2. The van der Waals surface area contributed by atoms with E-state index in [9.17, 15) is 4.79 Å². The second-order valence-corrected chi connectivity index (χ2v) is 8.14. The van der Waals surface area contributed by atoms with Crippen LogP contribution >= 0.6 is 0 Å². The molecule has 0 saturated heterocycles. The summed E-state index contributed by atoms with van der Waals surface area (Å²) in [5.74, 6) is 2.24. The smallest absolute Gasteiger partial charge is 0.223 e. The fourth-order valence-corrected chi connectivity index (χ4v) is 4.03. The van der Waals surface area contributed by atoms with E-state index in [2.05, 4.69) is 15.5 Å². The molecule has 0 spiro atoms. The average Bonchev–Trinajstić information content (AvgIpc) is 3.43. The summed E-state index contributed by atoms with van der Waals surface area (Å²) in [6, 6.07) is 19.8. The predicted molar refractivity (Wildman–Crippen MR) is 118 cm³/mol. The summed E-state index contributed by atoms with van der Waals surface area (Å²) in [6.07, 6.45) is 3.32. The molecular weight excluding hydrogens is 404 g/mol. The number of oxazole rings is 1. The van der Waals surface area contributed by atoms with Crippen molar-refractivity contribution >= 4 is 5.91 Å². The second kappa shape index (κ2) is 8.42. The number of nitrogens with zero attached hydrogens (tertiary/aromatic N) is 3. The zero-order chi connectivity index (χ0) is 22.0. The normalized spacial score (nSPS) is 14.7. The van der Waals surface area contributed by atoms with E-state index < -0.39 is 5.54 Å². The maximum absolute atomic E-state index is 12.8. The number of nitrogens with one attached hydrogen (secondary N) is 1. The zero-order valence-electron chi connectivity index (χ0n) is 17.9. The average molecular weight is 428 g/mol. The molecule has 2 aromatic carbocycles. The quantitative estimate of drug-likeness (QED) is 0.453. The Kier molecular flexibility index (Phi) is 5.31. The molecular formula is C25H24N4O3. The first-order valence-electron chi connectivity index (χ1n) is 10.9. The molecule has 4 aromatic rings. The minimum Gasteiger partial charge on any atom is -0.440 e. The van der Waals surface area contributed by atoms with Gasteiger partial charge in [0.25, 0.3) is 0 Å². The van der Waals surface area contributed by atoms with E-state index in [-0.39, 0.29) is 12.3 Å². The van der Waals surface area contributed by atoms with Gasteiger partial charge in [0.05, 0.1) is 0 Å². The lowest BCUT2D eigenvalue weighted by molar-refractivity contribution is -0.124. The molecule has 0 radical (unpaired) electrons. The van der Waals surface area contributed by atoms with E-state index in [1.165, 1.54) is 0 Å². The maximum atomic E-state index is 12.8. The van der Waals surface area contributed by atoms with Crippen LogP contribution in [-0.4, -0.2) is 21.0 Å². The standard InChI is InChI=1S/C25H24N4O3/c1-17-26-24(29-32-17)25(15-8-16-25)28-20(30)13-14-21-27-22(18-9-4-2-5-10-18)23(31-21)19-11-6-3-7-12-19/h2-7,9-12H,8,13-16H2,1H3,(H,28,30). The van der Waals surface area contributed by atoms with Crippen molar-refractivity contribution in [2.75, 3.05) is 0 Å². The molecule has 32 heavy (non-hydrogen) atoms. The van der Waals surface area contributed by atoms with Crippen LogP contribution in [0.15, 0.2) is 69.6 Å². The van der Waals surface area contributed by atoms with Crippen LogP contribution in [0.5, 0.6) is 0 Å². The van der Waals surface area contributed by atoms with E-state index in [0.29, 0.717) is 29.8 Å². The third-order valence-electron chi connectivity index (χ3n) is 5.86. The molecule has 7 heteroatoms. The van der Waals surface area contributed by atoms with Gasteiger partial charge in [-0.15, -0.1) is 0 Å². The molecule has 1 N–H and O–H groups in total. The molecule has 1 fully saturated rings. The Morgan fingerprint density at radius 1 is 1.00 bits per heavy atom. The fraction of sp³-hybridized carbons (Fsp3) is 0.280. The molecule has 5 rings (SSSR count). The highest BCUT2D eigenvalue weighted by Gasteiger charge is 2.44. The zero-order valence-corrected chi connectivity index (χ0v) is 17.9. The van der Waals surface area contributed by atoms with Gasteiger partial charge in [0.1, 0.15) is 11.2 Å². The Morgan fingerprint density at radius 3 is 2.28 bits per heavy atom. The van der Waals surface area contributed by atoms with Gasteiger partial charge in [-0.2, -0.15) is 4.98 Å². The lowest BCUT2D eigenvalue weighted by Crippen LogP contribution is -2.51. The summed E-state index contributed by atoms with van der Waals surface area (Å²) in [5.41, 5.74) is 2.20. The molecule has 0 atom stereocenters. The molecule has 2 heterocycles. The van der Waals surface area contributed by atoms with Crippen LogP contribution in [0, 0.1) is 6.92 Å². The highest BCUT2D eigenvalue weighted by Crippen LogP contribution is 2.40. The lowest BCUT2D eigenvalue weighted by Gasteiger charge is -2.39. The van der Waals surface area contributed by atoms with Crippen molar-refractivity contribution in [3.63, 3.8) is 0 Å². The molecule has 1 aliphatic rings. The molecule has 1 aliphatic carbocycles. The first-order chi connectivity index (χ1) is 15.6. The van der Waals surface area contributed by atoms with Gasteiger partial charge in [0, 0.05) is 30.9 Å². The Labute approximate surface area is 185 Å². The van der Waals surface area contributed by atoms with Gasteiger partial charge in [-0.05, 0) is 19.3 Å². The predicted octanol–water partition coefficient (Wildman–Crippen LogP) is 4.83. The number of carbonyl (C=O) groups excluding carboxylic acids is 1. The van der Waals surface area contributed by atoms with Gasteiger partial charge in [-0.1, -0.05) is 65.8 Å². The van der Waals surface area contributed by atoms with E-state index in [4.69, 9.17) is 13.9 Å². The third kappa shape index (κ3) is 3.93. The second-order valence-electron chi connectivity index (χ2n) is 8.14. The van der Waals surface area contributed by atoms with Crippen LogP contribution in [-0.2, 0) is 16.8 Å². The van der Waals surface area contributed by atoms with Crippen LogP contribution in [0.2, 0.25) is 0 Å². The SMILES string of the molecule is Cc1nc(C2(NC(=O)CCc3nc(-c4ccccc4)c(-c4ccccc4)o3)CCC2)no1. The van der Waals surface area contributed by atoms with E-state index in [1.807, 2.05) is 60.7 Å².